The zero-order chi connectivity index (χ0) is 12.4. The number of nitrogens with one attached hydrogen (secondary N) is 1. The van der Waals surface area contributed by atoms with Crippen LogP contribution in [0.5, 0.6) is 11.5 Å². The second-order valence-electron chi connectivity index (χ2n) is 4.93. The molecule has 3 rings (SSSR count). The van der Waals surface area contributed by atoms with Crippen LogP contribution in [0.4, 0.5) is 0 Å². The van der Waals surface area contributed by atoms with Gasteiger partial charge in [-0.25, -0.2) is 0 Å². The Labute approximate surface area is 112 Å². The number of fused-ring (bicyclic) bond motifs is 1. The summed E-state index contributed by atoms with van der Waals surface area (Å²) in [6.07, 6.45) is 3.67. The third-order valence-electron chi connectivity index (χ3n) is 3.68. The highest BCUT2D eigenvalue weighted by Crippen LogP contribution is 2.41. The van der Waals surface area contributed by atoms with E-state index in [1.165, 1.54) is 23.3 Å². The van der Waals surface area contributed by atoms with Crippen molar-refractivity contribution < 1.29 is 9.47 Å². The fourth-order valence-electron chi connectivity index (χ4n) is 2.72. The number of benzene rings is 1. The Morgan fingerprint density at radius 2 is 2.44 bits per heavy atom. The minimum absolute atomic E-state index is 0.722. The topological polar surface area (TPSA) is 30.5 Å². The van der Waals surface area contributed by atoms with Crippen molar-refractivity contribution in [3.63, 3.8) is 0 Å². The van der Waals surface area contributed by atoms with Gasteiger partial charge in [-0.3, -0.25) is 0 Å². The largest absolute Gasteiger partial charge is 0.496 e. The molecule has 0 aromatic heterocycles. The van der Waals surface area contributed by atoms with E-state index in [0.29, 0.717) is 0 Å². The van der Waals surface area contributed by atoms with Crippen molar-refractivity contribution >= 4 is 11.8 Å². The number of thioether (sulfide) groups is 1. The third kappa shape index (κ3) is 2.45. The normalized spacial score (nSPS) is 22.4. The van der Waals surface area contributed by atoms with Crippen LogP contribution in [-0.2, 0) is 6.42 Å². The van der Waals surface area contributed by atoms with Gasteiger partial charge in [0.1, 0.15) is 17.4 Å². The summed E-state index contributed by atoms with van der Waals surface area (Å²) < 4.78 is 11.1. The molecule has 0 bridgehead atoms. The molecule has 1 unspecified atom stereocenters. The molecular weight excluding hydrogens is 246 g/mol. The van der Waals surface area contributed by atoms with Gasteiger partial charge < -0.3 is 14.8 Å². The molecule has 2 heterocycles. The van der Waals surface area contributed by atoms with E-state index in [1.54, 1.807) is 18.9 Å². The maximum absolute atomic E-state index is 5.62. The van der Waals surface area contributed by atoms with Crippen LogP contribution < -0.4 is 14.8 Å². The van der Waals surface area contributed by atoms with Gasteiger partial charge in [-0.1, -0.05) is 11.8 Å². The Morgan fingerprint density at radius 1 is 1.50 bits per heavy atom. The predicted octanol–water partition coefficient (Wildman–Crippen LogP) is 2.68. The van der Waals surface area contributed by atoms with E-state index in [2.05, 4.69) is 17.4 Å². The smallest absolute Gasteiger partial charge is 0.138 e. The van der Waals surface area contributed by atoms with Crippen LogP contribution in [0.2, 0.25) is 0 Å². The first kappa shape index (κ1) is 12.2. The van der Waals surface area contributed by atoms with Crippen molar-refractivity contribution in [1.82, 2.24) is 5.32 Å². The van der Waals surface area contributed by atoms with E-state index in [9.17, 15) is 0 Å². The summed E-state index contributed by atoms with van der Waals surface area (Å²) in [5.74, 6) is 3.49. The molecule has 18 heavy (non-hydrogen) atoms. The first-order valence-electron chi connectivity index (χ1n) is 6.54. The zero-order valence-corrected chi connectivity index (χ0v) is 11.5. The summed E-state index contributed by atoms with van der Waals surface area (Å²) in [7, 11) is 1.75. The fourth-order valence-corrected chi connectivity index (χ4v) is 3.49. The molecule has 0 radical (unpaired) electrons. The van der Waals surface area contributed by atoms with Crippen molar-refractivity contribution in [2.75, 3.05) is 26.1 Å². The molecule has 0 aliphatic carbocycles. The molecule has 1 fully saturated rings. The highest BCUT2D eigenvalue weighted by atomic mass is 32.2. The molecule has 2 aliphatic heterocycles. The molecule has 0 spiro atoms. The maximum Gasteiger partial charge on any atom is 0.138 e. The predicted molar refractivity (Wildman–Crippen MR) is 73.6 cm³/mol. The van der Waals surface area contributed by atoms with E-state index in [-0.39, 0.29) is 0 Å². The molecule has 1 aromatic carbocycles. The van der Waals surface area contributed by atoms with Gasteiger partial charge in [-0.2, -0.15) is 0 Å². The molecule has 98 valence electrons. The highest BCUT2D eigenvalue weighted by molar-refractivity contribution is 7.99. The number of methoxy groups -OCH3 is 1. The highest BCUT2D eigenvalue weighted by Gasteiger charge is 2.20. The lowest BCUT2D eigenvalue weighted by Crippen LogP contribution is -2.30. The van der Waals surface area contributed by atoms with Crippen LogP contribution in [0.3, 0.4) is 0 Å². The lowest BCUT2D eigenvalue weighted by Gasteiger charge is -2.23. The summed E-state index contributed by atoms with van der Waals surface area (Å²) in [6.45, 7) is 2.29. The molecular formula is C14H19NO2S. The number of rotatable bonds is 3. The minimum atomic E-state index is 0.722. The minimum Gasteiger partial charge on any atom is -0.496 e. The van der Waals surface area contributed by atoms with E-state index in [0.717, 1.165) is 42.9 Å². The van der Waals surface area contributed by atoms with Crippen molar-refractivity contribution in [3.8, 4) is 11.5 Å². The third-order valence-corrected chi connectivity index (χ3v) is 4.55. The fraction of sp³-hybridized carbons (Fsp3) is 0.571. The molecule has 1 saturated heterocycles. The second kappa shape index (κ2) is 5.41. The average Bonchev–Trinajstić information content (AvgIpc) is 2.86. The van der Waals surface area contributed by atoms with E-state index in [4.69, 9.17) is 9.47 Å². The van der Waals surface area contributed by atoms with Gasteiger partial charge in [0.25, 0.3) is 0 Å². The lowest BCUT2D eigenvalue weighted by atomic mass is 9.92. The summed E-state index contributed by atoms with van der Waals surface area (Å²) in [6, 6.07) is 4.29. The quantitative estimate of drug-likeness (QED) is 0.910. The summed E-state index contributed by atoms with van der Waals surface area (Å²) in [5, 5.41) is 3.47. The molecule has 1 N–H and O–H groups in total. The van der Waals surface area contributed by atoms with Crippen LogP contribution in [0.15, 0.2) is 17.0 Å². The van der Waals surface area contributed by atoms with Crippen molar-refractivity contribution in [2.24, 2.45) is 5.92 Å². The number of piperidine rings is 1. The first-order chi connectivity index (χ1) is 8.86. The van der Waals surface area contributed by atoms with E-state index >= 15 is 0 Å². The van der Waals surface area contributed by atoms with Crippen LogP contribution >= 0.6 is 11.8 Å². The molecule has 0 amide bonds. The molecule has 2 aliphatic rings. The standard InChI is InChI=1S/C14H19NO2S/c1-16-12-7-14-13(17-9-18-14)6-11(12)5-10-3-2-4-15-8-10/h6-7,10,15H,2-5,8-9H2,1H3. The van der Waals surface area contributed by atoms with Gasteiger partial charge in [-0.05, 0) is 56.0 Å². The number of ether oxygens (including phenoxy) is 2. The van der Waals surface area contributed by atoms with Gasteiger partial charge in [0.2, 0.25) is 0 Å². The Kier molecular flexibility index (Phi) is 3.66. The van der Waals surface area contributed by atoms with Crippen molar-refractivity contribution in [3.05, 3.63) is 17.7 Å². The molecule has 1 atom stereocenters. The van der Waals surface area contributed by atoms with Gasteiger partial charge >= 0.3 is 0 Å². The van der Waals surface area contributed by atoms with Crippen LogP contribution in [0.25, 0.3) is 0 Å². The number of hydrogen-bond acceptors (Lipinski definition) is 4. The van der Waals surface area contributed by atoms with E-state index in [1.807, 2.05) is 0 Å². The van der Waals surface area contributed by atoms with Gasteiger partial charge in [0.15, 0.2) is 0 Å². The van der Waals surface area contributed by atoms with Crippen LogP contribution in [0, 0.1) is 5.92 Å². The van der Waals surface area contributed by atoms with Crippen LogP contribution in [0.1, 0.15) is 18.4 Å². The Balaban J connectivity index is 1.81. The van der Waals surface area contributed by atoms with Crippen molar-refractivity contribution in [1.29, 1.82) is 0 Å². The Morgan fingerprint density at radius 3 is 3.22 bits per heavy atom. The van der Waals surface area contributed by atoms with Crippen LogP contribution in [-0.4, -0.2) is 26.1 Å². The molecule has 4 heteroatoms. The summed E-state index contributed by atoms with van der Waals surface area (Å²) >= 11 is 1.74. The van der Waals surface area contributed by atoms with Gasteiger partial charge in [0, 0.05) is 0 Å². The Bertz CT molecular complexity index is 430. The summed E-state index contributed by atoms with van der Waals surface area (Å²) in [5.41, 5.74) is 1.28. The van der Waals surface area contributed by atoms with Gasteiger partial charge in [0.05, 0.1) is 12.0 Å². The maximum atomic E-state index is 5.62. The SMILES string of the molecule is COc1cc2c(cc1CC1CCCNC1)OCS2. The van der Waals surface area contributed by atoms with Gasteiger partial charge in [-0.15, -0.1) is 0 Å². The Hall–Kier alpha value is -0.870. The molecule has 1 aromatic rings. The lowest BCUT2D eigenvalue weighted by molar-refractivity contribution is 0.359. The second-order valence-corrected chi connectivity index (χ2v) is 5.90. The monoisotopic (exact) mass is 265 g/mol. The molecule has 0 saturated carbocycles. The summed E-state index contributed by atoms with van der Waals surface area (Å²) in [4.78, 5) is 1.21. The average molecular weight is 265 g/mol. The molecule has 3 nitrogen and oxygen atoms in total. The first-order valence-corrected chi connectivity index (χ1v) is 7.52. The number of hydrogen-bond donors (Lipinski definition) is 1. The van der Waals surface area contributed by atoms with Crippen molar-refractivity contribution in [2.45, 2.75) is 24.2 Å². The zero-order valence-electron chi connectivity index (χ0n) is 10.7. The van der Waals surface area contributed by atoms with E-state index < -0.39 is 0 Å².